The van der Waals surface area contributed by atoms with Gasteiger partial charge in [-0.1, -0.05) is 42.8 Å². The molecule has 31 heavy (non-hydrogen) atoms. The SMILES string of the molecule is CC[C@H](C(=O)NC)N(Cc1ccc(Cl)cc1)C(=O)CN(c1ccccc1Br)S(C)(=O)=O. The molecule has 0 aromatic heterocycles. The van der Waals surface area contributed by atoms with E-state index in [-0.39, 0.29) is 12.5 Å². The highest BCUT2D eigenvalue weighted by Crippen LogP contribution is 2.28. The number of carbonyl (C=O) groups excluding carboxylic acids is 2. The van der Waals surface area contributed by atoms with Gasteiger partial charge in [0.05, 0.1) is 11.9 Å². The van der Waals surface area contributed by atoms with Crippen molar-refractivity contribution in [2.24, 2.45) is 0 Å². The minimum absolute atomic E-state index is 0.134. The average molecular weight is 531 g/mol. The van der Waals surface area contributed by atoms with Crippen molar-refractivity contribution in [3.8, 4) is 0 Å². The topological polar surface area (TPSA) is 86.8 Å². The van der Waals surface area contributed by atoms with Gasteiger partial charge >= 0.3 is 0 Å². The van der Waals surface area contributed by atoms with E-state index in [1.54, 1.807) is 55.5 Å². The number of nitrogens with one attached hydrogen (secondary N) is 1. The summed E-state index contributed by atoms with van der Waals surface area (Å²) < 4.78 is 26.6. The van der Waals surface area contributed by atoms with E-state index in [0.717, 1.165) is 16.1 Å². The van der Waals surface area contributed by atoms with Gasteiger partial charge in [0.2, 0.25) is 21.8 Å². The van der Waals surface area contributed by atoms with Crippen molar-refractivity contribution >= 4 is 55.1 Å². The number of carbonyl (C=O) groups is 2. The lowest BCUT2D eigenvalue weighted by Crippen LogP contribution is -2.51. The molecule has 0 aliphatic heterocycles. The van der Waals surface area contributed by atoms with Gasteiger partial charge < -0.3 is 10.2 Å². The number of amides is 2. The van der Waals surface area contributed by atoms with Crippen LogP contribution in [0, 0.1) is 0 Å². The number of benzene rings is 2. The van der Waals surface area contributed by atoms with Crippen LogP contribution in [0.5, 0.6) is 0 Å². The maximum Gasteiger partial charge on any atom is 0.244 e. The van der Waals surface area contributed by atoms with Crippen molar-refractivity contribution < 1.29 is 18.0 Å². The molecule has 168 valence electrons. The Labute approximate surface area is 196 Å². The van der Waals surface area contributed by atoms with Gasteiger partial charge in [-0.15, -0.1) is 0 Å². The van der Waals surface area contributed by atoms with E-state index < -0.39 is 28.5 Å². The molecule has 0 radical (unpaired) electrons. The van der Waals surface area contributed by atoms with E-state index in [1.165, 1.54) is 11.9 Å². The van der Waals surface area contributed by atoms with Crippen molar-refractivity contribution in [1.29, 1.82) is 0 Å². The van der Waals surface area contributed by atoms with Crippen LogP contribution in [0.25, 0.3) is 0 Å². The number of anilines is 1. The van der Waals surface area contributed by atoms with Crippen LogP contribution in [0.1, 0.15) is 18.9 Å². The molecule has 0 aliphatic carbocycles. The molecule has 0 bridgehead atoms. The molecular weight excluding hydrogens is 506 g/mol. The summed E-state index contributed by atoms with van der Waals surface area (Å²) in [7, 11) is -2.27. The minimum atomic E-state index is -3.77. The van der Waals surface area contributed by atoms with Crippen LogP contribution in [-0.4, -0.2) is 51.0 Å². The second kappa shape index (κ2) is 11.0. The number of hydrogen-bond acceptors (Lipinski definition) is 4. The molecule has 2 amide bonds. The third-order valence-corrected chi connectivity index (χ3v) is 6.75. The molecule has 1 N–H and O–H groups in total. The second-order valence-electron chi connectivity index (χ2n) is 6.91. The molecular formula is C21H25BrClN3O4S. The number of likely N-dealkylation sites (N-methyl/N-ethyl adjacent to an activating group) is 1. The van der Waals surface area contributed by atoms with Gasteiger partial charge in [-0.05, 0) is 52.2 Å². The highest BCUT2D eigenvalue weighted by molar-refractivity contribution is 9.10. The zero-order chi connectivity index (χ0) is 23.2. The first-order valence-electron chi connectivity index (χ1n) is 9.56. The van der Waals surface area contributed by atoms with Crippen molar-refractivity contribution in [2.45, 2.75) is 25.9 Å². The molecule has 0 unspecified atom stereocenters. The van der Waals surface area contributed by atoms with Gasteiger partial charge in [0.15, 0.2) is 0 Å². The Morgan fingerprint density at radius 1 is 1.13 bits per heavy atom. The molecule has 7 nitrogen and oxygen atoms in total. The fourth-order valence-corrected chi connectivity index (χ4v) is 4.73. The van der Waals surface area contributed by atoms with Crippen LogP contribution in [0.4, 0.5) is 5.69 Å². The van der Waals surface area contributed by atoms with Gasteiger partial charge in [-0.25, -0.2) is 8.42 Å². The molecule has 2 aromatic rings. The van der Waals surface area contributed by atoms with Gasteiger partial charge in [0.1, 0.15) is 12.6 Å². The van der Waals surface area contributed by atoms with Crippen molar-refractivity contribution in [1.82, 2.24) is 10.2 Å². The molecule has 2 rings (SSSR count). The molecule has 0 saturated heterocycles. The quantitative estimate of drug-likeness (QED) is 0.538. The van der Waals surface area contributed by atoms with Crippen LogP contribution in [0.3, 0.4) is 0 Å². The lowest BCUT2D eigenvalue weighted by atomic mass is 10.1. The highest BCUT2D eigenvalue weighted by atomic mass is 79.9. The third-order valence-electron chi connectivity index (χ3n) is 4.70. The predicted octanol–water partition coefficient (Wildman–Crippen LogP) is 3.42. The minimum Gasteiger partial charge on any atom is -0.357 e. The van der Waals surface area contributed by atoms with E-state index in [4.69, 9.17) is 11.6 Å². The Bertz CT molecular complexity index is 1030. The normalized spacial score (nSPS) is 12.2. The Hall–Kier alpha value is -2.10. The molecule has 10 heteroatoms. The monoisotopic (exact) mass is 529 g/mol. The van der Waals surface area contributed by atoms with E-state index in [1.807, 2.05) is 0 Å². The van der Waals surface area contributed by atoms with Crippen molar-refractivity contribution in [3.63, 3.8) is 0 Å². The summed E-state index contributed by atoms with van der Waals surface area (Å²) >= 11 is 9.30. The Morgan fingerprint density at radius 2 is 1.74 bits per heavy atom. The molecule has 0 spiro atoms. The molecule has 0 fully saturated rings. The Kier molecular flexibility index (Phi) is 8.90. The zero-order valence-corrected chi connectivity index (χ0v) is 20.7. The maximum atomic E-state index is 13.4. The van der Waals surface area contributed by atoms with Crippen molar-refractivity contribution in [3.05, 3.63) is 63.6 Å². The Morgan fingerprint density at radius 3 is 2.26 bits per heavy atom. The first-order chi connectivity index (χ1) is 14.6. The number of hydrogen-bond donors (Lipinski definition) is 1. The summed E-state index contributed by atoms with van der Waals surface area (Å²) in [5.41, 5.74) is 1.12. The highest BCUT2D eigenvalue weighted by Gasteiger charge is 2.31. The van der Waals surface area contributed by atoms with E-state index in [0.29, 0.717) is 21.6 Å². The standard InChI is InChI=1S/C21H25BrClN3O4S/c1-4-18(21(28)24-2)25(13-15-9-11-16(23)12-10-15)20(27)14-26(31(3,29)30)19-8-6-5-7-17(19)22/h5-12,18H,4,13-14H2,1-3H3,(H,24,28)/t18-/m1/s1. The average Bonchev–Trinajstić information content (AvgIpc) is 2.72. The second-order valence-corrected chi connectivity index (χ2v) is 10.1. The fraction of sp³-hybridized carbons (Fsp3) is 0.333. The van der Waals surface area contributed by atoms with Crippen LogP contribution in [0.15, 0.2) is 53.0 Å². The molecule has 0 saturated carbocycles. The van der Waals surface area contributed by atoms with E-state index in [2.05, 4.69) is 21.2 Å². The number of sulfonamides is 1. The van der Waals surface area contributed by atoms with Gasteiger partial charge in [0, 0.05) is 23.1 Å². The van der Waals surface area contributed by atoms with Gasteiger partial charge in [-0.3, -0.25) is 13.9 Å². The fourth-order valence-electron chi connectivity index (χ4n) is 3.12. The summed E-state index contributed by atoms with van der Waals surface area (Å²) in [6.45, 7) is 1.49. The Balaban J connectivity index is 2.43. The van der Waals surface area contributed by atoms with E-state index >= 15 is 0 Å². The zero-order valence-electron chi connectivity index (χ0n) is 17.5. The summed E-state index contributed by atoms with van der Waals surface area (Å²) in [5, 5.41) is 3.13. The van der Waals surface area contributed by atoms with E-state index in [9.17, 15) is 18.0 Å². The molecule has 2 aromatic carbocycles. The third kappa shape index (κ3) is 6.69. The number of para-hydroxylation sites is 1. The first kappa shape index (κ1) is 25.2. The van der Waals surface area contributed by atoms with Crippen LogP contribution in [0.2, 0.25) is 5.02 Å². The first-order valence-corrected chi connectivity index (χ1v) is 12.6. The maximum absolute atomic E-state index is 13.4. The van der Waals surface area contributed by atoms with Gasteiger partial charge in [0.25, 0.3) is 0 Å². The summed E-state index contributed by atoms with van der Waals surface area (Å²) in [5.74, 6) is -0.816. The largest absolute Gasteiger partial charge is 0.357 e. The molecule has 1 atom stereocenters. The number of halogens is 2. The van der Waals surface area contributed by atoms with Crippen LogP contribution in [-0.2, 0) is 26.2 Å². The molecule has 0 aliphatic rings. The summed E-state index contributed by atoms with van der Waals surface area (Å²) in [6, 6.07) is 12.9. The number of nitrogens with zero attached hydrogens (tertiary/aromatic N) is 2. The predicted molar refractivity (Wildman–Crippen MR) is 126 cm³/mol. The van der Waals surface area contributed by atoms with Crippen LogP contribution >= 0.6 is 27.5 Å². The smallest absolute Gasteiger partial charge is 0.244 e. The summed E-state index contributed by atoms with van der Waals surface area (Å²) in [6.07, 6.45) is 1.41. The summed E-state index contributed by atoms with van der Waals surface area (Å²) in [4.78, 5) is 27.2. The molecule has 0 heterocycles. The van der Waals surface area contributed by atoms with Gasteiger partial charge in [-0.2, -0.15) is 0 Å². The lowest BCUT2D eigenvalue weighted by Gasteiger charge is -2.32. The lowest BCUT2D eigenvalue weighted by molar-refractivity contribution is -0.140. The number of rotatable bonds is 9. The van der Waals surface area contributed by atoms with Crippen LogP contribution < -0.4 is 9.62 Å². The van der Waals surface area contributed by atoms with Crippen molar-refractivity contribution in [2.75, 3.05) is 24.2 Å².